The fraction of sp³-hybridized carbons (Fsp3) is 0.167. The Kier molecular flexibility index (Phi) is 6.68. The fourth-order valence-corrected chi connectivity index (χ4v) is 3.07. The van der Waals surface area contributed by atoms with Gasteiger partial charge in [-0.05, 0) is 79.4 Å². The van der Waals surface area contributed by atoms with Crippen molar-refractivity contribution in [2.24, 2.45) is 0 Å². The van der Waals surface area contributed by atoms with Crippen molar-refractivity contribution in [2.45, 2.75) is 26.7 Å². The summed E-state index contributed by atoms with van der Waals surface area (Å²) in [6.45, 7) is 3.92. The van der Waals surface area contributed by atoms with Crippen LogP contribution in [-0.4, -0.2) is 11.9 Å². The molecular weight excluding hydrogens is 386 g/mol. The van der Waals surface area contributed by atoms with Crippen LogP contribution in [0.5, 0.6) is 5.75 Å². The highest BCUT2D eigenvalue weighted by Gasteiger charge is 2.10. The van der Waals surface area contributed by atoms with Crippen LogP contribution in [0.4, 0.5) is 5.69 Å². The number of carbonyl (C=O) groups excluding carboxylic acids is 2. The summed E-state index contributed by atoms with van der Waals surface area (Å²) in [7, 11) is 0. The summed E-state index contributed by atoms with van der Waals surface area (Å²) >= 11 is 5.95. The Balaban J connectivity index is 1.56. The zero-order valence-corrected chi connectivity index (χ0v) is 17.1. The Morgan fingerprint density at radius 1 is 0.966 bits per heavy atom. The summed E-state index contributed by atoms with van der Waals surface area (Å²) in [5, 5.41) is 3.56. The highest BCUT2D eigenvalue weighted by molar-refractivity contribution is 6.30. The third-order valence-corrected chi connectivity index (χ3v) is 4.73. The number of halogens is 1. The van der Waals surface area contributed by atoms with E-state index in [0.29, 0.717) is 22.8 Å². The molecule has 0 aliphatic rings. The summed E-state index contributed by atoms with van der Waals surface area (Å²) in [5.74, 6) is -0.139. The molecule has 0 aliphatic carbocycles. The molecule has 3 rings (SSSR count). The zero-order chi connectivity index (χ0) is 20.8. The van der Waals surface area contributed by atoms with E-state index in [-0.39, 0.29) is 18.3 Å². The number of hydrogen-bond acceptors (Lipinski definition) is 3. The van der Waals surface area contributed by atoms with Crippen molar-refractivity contribution in [2.75, 3.05) is 5.32 Å². The molecule has 29 heavy (non-hydrogen) atoms. The highest BCUT2D eigenvalue weighted by atomic mass is 35.5. The minimum Gasteiger partial charge on any atom is -0.427 e. The Labute approximate surface area is 175 Å². The number of ether oxygens (including phenoxy) is 1. The Bertz CT molecular complexity index is 1030. The molecule has 0 aromatic heterocycles. The average molecular weight is 408 g/mol. The topological polar surface area (TPSA) is 55.4 Å². The maximum absolute atomic E-state index is 12.5. The summed E-state index contributed by atoms with van der Waals surface area (Å²) in [6.07, 6.45) is 0.797. The van der Waals surface area contributed by atoms with Gasteiger partial charge < -0.3 is 10.1 Å². The van der Waals surface area contributed by atoms with Crippen LogP contribution in [0.25, 0.3) is 0 Å². The smallest absolute Gasteiger partial charge is 0.311 e. The summed E-state index contributed by atoms with van der Waals surface area (Å²) in [6, 6.07) is 19.8. The van der Waals surface area contributed by atoms with Gasteiger partial charge in [-0.15, -0.1) is 0 Å². The second-order valence-electron chi connectivity index (χ2n) is 6.90. The van der Waals surface area contributed by atoms with E-state index in [4.69, 9.17) is 16.3 Å². The third kappa shape index (κ3) is 5.93. The molecule has 4 nitrogen and oxygen atoms in total. The molecule has 0 spiro atoms. The molecule has 1 N–H and O–H groups in total. The van der Waals surface area contributed by atoms with Crippen LogP contribution in [-0.2, 0) is 11.2 Å². The van der Waals surface area contributed by atoms with E-state index in [2.05, 4.69) is 5.32 Å². The first-order valence-electron chi connectivity index (χ1n) is 9.34. The van der Waals surface area contributed by atoms with Gasteiger partial charge in [0.2, 0.25) is 0 Å². The van der Waals surface area contributed by atoms with Gasteiger partial charge in [-0.3, -0.25) is 9.59 Å². The molecule has 3 aromatic rings. The predicted octanol–water partition coefficient (Wildman–Crippen LogP) is 5.75. The lowest BCUT2D eigenvalue weighted by atomic mass is 10.1. The molecule has 0 saturated heterocycles. The van der Waals surface area contributed by atoms with E-state index >= 15 is 0 Å². The Morgan fingerprint density at radius 3 is 2.45 bits per heavy atom. The van der Waals surface area contributed by atoms with Gasteiger partial charge in [0.1, 0.15) is 5.75 Å². The number of nitrogens with one attached hydrogen (secondary N) is 1. The SMILES string of the molecule is Cc1ccc(C)c(NC(=O)c2ccc(OC(=O)CCc3cccc(Cl)c3)cc2)c1. The molecule has 5 heteroatoms. The van der Waals surface area contributed by atoms with E-state index in [1.54, 1.807) is 30.3 Å². The third-order valence-electron chi connectivity index (χ3n) is 4.50. The van der Waals surface area contributed by atoms with Crippen molar-refractivity contribution >= 4 is 29.2 Å². The minimum absolute atomic E-state index is 0.211. The van der Waals surface area contributed by atoms with Crippen molar-refractivity contribution < 1.29 is 14.3 Å². The molecule has 0 bridgehead atoms. The molecule has 1 amide bonds. The monoisotopic (exact) mass is 407 g/mol. The molecule has 0 saturated carbocycles. The predicted molar refractivity (Wildman–Crippen MR) is 116 cm³/mol. The minimum atomic E-state index is -0.336. The van der Waals surface area contributed by atoms with Crippen molar-refractivity contribution in [3.8, 4) is 5.75 Å². The summed E-state index contributed by atoms with van der Waals surface area (Å²) < 4.78 is 5.35. The number of esters is 1. The van der Waals surface area contributed by atoms with Crippen molar-refractivity contribution in [1.29, 1.82) is 0 Å². The number of aryl methyl sites for hydroxylation is 3. The quantitative estimate of drug-likeness (QED) is 0.418. The molecule has 3 aromatic carbocycles. The van der Waals surface area contributed by atoms with Crippen LogP contribution in [0.1, 0.15) is 33.5 Å². The molecular formula is C24H22ClNO3. The van der Waals surface area contributed by atoms with Gasteiger partial charge in [0.25, 0.3) is 5.91 Å². The van der Waals surface area contributed by atoms with Gasteiger partial charge >= 0.3 is 5.97 Å². The Morgan fingerprint density at radius 2 is 1.72 bits per heavy atom. The van der Waals surface area contributed by atoms with Crippen LogP contribution in [0.2, 0.25) is 5.02 Å². The second-order valence-corrected chi connectivity index (χ2v) is 7.34. The van der Waals surface area contributed by atoms with Crippen LogP contribution in [0, 0.1) is 13.8 Å². The second kappa shape index (κ2) is 9.39. The van der Waals surface area contributed by atoms with Gasteiger partial charge in [0.05, 0.1) is 0 Å². The number of benzene rings is 3. The molecule has 0 atom stereocenters. The first-order valence-corrected chi connectivity index (χ1v) is 9.72. The number of hydrogen-bond donors (Lipinski definition) is 1. The number of rotatable bonds is 6. The van der Waals surface area contributed by atoms with E-state index in [9.17, 15) is 9.59 Å². The van der Waals surface area contributed by atoms with Crippen molar-refractivity contribution in [3.05, 3.63) is 94.0 Å². The largest absolute Gasteiger partial charge is 0.427 e. The maximum atomic E-state index is 12.5. The van der Waals surface area contributed by atoms with Crippen LogP contribution in [0.3, 0.4) is 0 Å². The number of anilines is 1. The molecule has 0 fully saturated rings. The normalized spacial score (nSPS) is 10.4. The van der Waals surface area contributed by atoms with Gasteiger partial charge in [0.15, 0.2) is 0 Å². The summed E-state index contributed by atoms with van der Waals surface area (Å²) in [4.78, 5) is 24.5. The molecule has 0 radical (unpaired) electrons. The number of carbonyl (C=O) groups is 2. The molecule has 0 heterocycles. The highest BCUT2D eigenvalue weighted by Crippen LogP contribution is 2.19. The first kappa shape index (κ1) is 20.6. The number of amides is 1. The van der Waals surface area contributed by atoms with E-state index in [0.717, 1.165) is 22.4 Å². The molecule has 0 unspecified atom stereocenters. The lowest BCUT2D eigenvalue weighted by Crippen LogP contribution is -2.13. The standard InChI is InChI=1S/C24H22ClNO3/c1-16-6-7-17(2)22(14-16)26-24(28)19-9-11-21(12-10-19)29-23(27)13-8-18-4-3-5-20(25)15-18/h3-7,9-12,14-15H,8,13H2,1-2H3,(H,26,28). The van der Waals surface area contributed by atoms with Gasteiger partial charge in [-0.25, -0.2) is 0 Å². The van der Waals surface area contributed by atoms with Crippen LogP contribution >= 0.6 is 11.6 Å². The van der Waals surface area contributed by atoms with Crippen LogP contribution < -0.4 is 10.1 Å². The summed E-state index contributed by atoms with van der Waals surface area (Å²) in [5.41, 5.74) is 4.32. The first-order chi connectivity index (χ1) is 13.9. The molecule has 0 aliphatic heterocycles. The van der Waals surface area contributed by atoms with E-state index < -0.39 is 0 Å². The van der Waals surface area contributed by atoms with Crippen LogP contribution in [0.15, 0.2) is 66.7 Å². The Hall–Kier alpha value is -3.11. The van der Waals surface area contributed by atoms with Crippen molar-refractivity contribution in [1.82, 2.24) is 0 Å². The van der Waals surface area contributed by atoms with E-state index in [1.165, 1.54) is 0 Å². The van der Waals surface area contributed by atoms with Gasteiger partial charge in [-0.2, -0.15) is 0 Å². The van der Waals surface area contributed by atoms with Gasteiger partial charge in [-0.1, -0.05) is 35.9 Å². The lowest BCUT2D eigenvalue weighted by molar-refractivity contribution is -0.134. The van der Waals surface area contributed by atoms with E-state index in [1.807, 2.05) is 50.2 Å². The lowest BCUT2D eigenvalue weighted by Gasteiger charge is -2.10. The van der Waals surface area contributed by atoms with Crippen molar-refractivity contribution in [3.63, 3.8) is 0 Å². The fourth-order valence-electron chi connectivity index (χ4n) is 2.86. The molecule has 148 valence electrons. The maximum Gasteiger partial charge on any atom is 0.311 e. The zero-order valence-electron chi connectivity index (χ0n) is 16.4. The average Bonchev–Trinajstić information content (AvgIpc) is 2.70. The van der Waals surface area contributed by atoms with Gasteiger partial charge in [0, 0.05) is 22.7 Å².